The Morgan fingerprint density at radius 3 is 2.73 bits per heavy atom. The lowest BCUT2D eigenvalue weighted by atomic mass is 10.1. The number of hydrogen-bond donors (Lipinski definition) is 1. The molecular weight excluding hydrogens is 416 g/mol. The van der Waals surface area contributed by atoms with Crippen LogP contribution in [0.15, 0.2) is 42.7 Å². The van der Waals surface area contributed by atoms with Crippen molar-refractivity contribution in [2.75, 3.05) is 19.0 Å². The second-order valence-corrected chi connectivity index (χ2v) is 7.89. The maximum atomic E-state index is 5.78. The van der Waals surface area contributed by atoms with Crippen LogP contribution < -0.4 is 14.8 Å². The van der Waals surface area contributed by atoms with Gasteiger partial charge in [0.25, 0.3) is 0 Å². The van der Waals surface area contributed by atoms with Gasteiger partial charge in [-0.25, -0.2) is 15.0 Å². The van der Waals surface area contributed by atoms with Crippen molar-refractivity contribution < 1.29 is 9.47 Å². The first-order valence-electron chi connectivity index (χ1n) is 11.3. The number of methoxy groups -OCH3 is 1. The molecule has 0 saturated carbocycles. The number of hydrogen-bond acceptors (Lipinski definition) is 7. The fraction of sp³-hybridized carbons (Fsp3) is 0.360. The van der Waals surface area contributed by atoms with Gasteiger partial charge in [0.05, 0.1) is 36.4 Å². The summed E-state index contributed by atoms with van der Waals surface area (Å²) in [6.07, 6.45) is 4.45. The highest BCUT2D eigenvalue weighted by Gasteiger charge is 2.20. The van der Waals surface area contributed by atoms with E-state index in [4.69, 9.17) is 19.6 Å². The van der Waals surface area contributed by atoms with Crippen LogP contribution in [0.3, 0.4) is 0 Å². The molecule has 0 bridgehead atoms. The molecule has 0 aliphatic carbocycles. The molecule has 172 valence electrons. The smallest absolute Gasteiger partial charge is 0.222 e. The number of aryl methyl sites for hydroxylation is 1. The summed E-state index contributed by atoms with van der Waals surface area (Å²) in [6.45, 7) is 9.43. The van der Waals surface area contributed by atoms with Crippen molar-refractivity contribution in [2.45, 2.75) is 46.7 Å². The molecule has 0 aromatic carbocycles. The third-order valence-corrected chi connectivity index (χ3v) is 5.65. The van der Waals surface area contributed by atoms with Crippen molar-refractivity contribution in [3.05, 3.63) is 54.0 Å². The molecule has 4 heterocycles. The average molecular weight is 447 g/mol. The largest absolute Gasteiger partial charge is 0.481 e. The van der Waals surface area contributed by atoms with E-state index < -0.39 is 0 Å². The maximum Gasteiger partial charge on any atom is 0.222 e. The SMILES string of the molecule is CCOc1ncccc1-c1cc(NCc2ccnc(OC)c2)c2c(n1)c(C)nn2[C@@H](C)CC. The van der Waals surface area contributed by atoms with E-state index in [9.17, 15) is 0 Å². The number of aromatic nitrogens is 5. The molecule has 0 radical (unpaired) electrons. The van der Waals surface area contributed by atoms with E-state index >= 15 is 0 Å². The summed E-state index contributed by atoms with van der Waals surface area (Å²) in [7, 11) is 1.62. The lowest BCUT2D eigenvalue weighted by molar-refractivity contribution is 0.328. The minimum atomic E-state index is 0.243. The van der Waals surface area contributed by atoms with Crippen molar-refractivity contribution in [1.82, 2.24) is 24.7 Å². The first-order chi connectivity index (χ1) is 16.0. The van der Waals surface area contributed by atoms with E-state index in [1.54, 1.807) is 19.5 Å². The van der Waals surface area contributed by atoms with Gasteiger partial charge in [-0.1, -0.05) is 6.92 Å². The second-order valence-electron chi connectivity index (χ2n) is 7.89. The van der Waals surface area contributed by atoms with E-state index in [1.165, 1.54) is 0 Å². The highest BCUT2D eigenvalue weighted by atomic mass is 16.5. The second kappa shape index (κ2) is 9.85. The highest BCUT2D eigenvalue weighted by Crippen LogP contribution is 2.35. The van der Waals surface area contributed by atoms with E-state index in [0.717, 1.165) is 45.7 Å². The Morgan fingerprint density at radius 2 is 1.97 bits per heavy atom. The zero-order valence-corrected chi connectivity index (χ0v) is 19.8. The molecule has 0 aliphatic heterocycles. The van der Waals surface area contributed by atoms with Crippen LogP contribution >= 0.6 is 0 Å². The van der Waals surface area contributed by atoms with Gasteiger partial charge < -0.3 is 14.8 Å². The van der Waals surface area contributed by atoms with Crippen LogP contribution in [-0.2, 0) is 6.54 Å². The van der Waals surface area contributed by atoms with E-state index in [0.29, 0.717) is 24.9 Å². The Morgan fingerprint density at radius 1 is 1.12 bits per heavy atom. The lowest BCUT2D eigenvalue weighted by Gasteiger charge is -2.16. The quantitative estimate of drug-likeness (QED) is 0.379. The molecular formula is C25H30N6O2. The maximum absolute atomic E-state index is 5.78. The summed E-state index contributed by atoms with van der Waals surface area (Å²) in [5, 5.41) is 8.44. The summed E-state index contributed by atoms with van der Waals surface area (Å²) in [5.41, 5.74) is 6.42. The van der Waals surface area contributed by atoms with Gasteiger partial charge in [-0.3, -0.25) is 4.68 Å². The van der Waals surface area contributed by atoms with Crippen LogP contribution in [0.25, 0.3) is 22.3 Å². The van der Waals surface area contributed by atoms with E-state index in [1.807, 2.05) is 38.1 Å². The molecule has 0 saturated heterocycles. The number of fused-ring (bicyclic) bond motifs is 1. The molecule has 4 rings (SSSR count). The van der Waals surface area contributed by atoms with Crippen molar-refractivity contribution in [3.8, 4) is 23.0 Å². The number of ether oxygens (including phenoxy) is 2. The van der Waals surface area contributed by atoms with Crippen molar-refractivity contribution in [3.63, 3.8) is 0 Å². The Labute approximate surface area is 194 Å². The molecule has 0 aliphatic rings. The molecule has 1 N–H and O–H groups in total. The minimum Gasteiger partial charge on any atom is -0.481 e. The normalized spacial score (nSPS) is 12.0. The molecule has 0 unspecified atom stereocenters. The number of anilines is 1. The Kier molecular flexibility index (Phi) is 6.72. The zero-order chi connectivity index (χ0) is 23.4. The van der Waals surface area contributed by atoms with Crippen LogP contribution in [0.2, 0.25) is 0 Å². The number of nitrogens with zero attached hydrogens (tertiary/aromatic N) is 5. The topological polar surface area (TPSA) is 87.0 Å². The fourth-order valence-corrected chi connectivity index (χ4v) is 3.75. The third-order valence-electron chi connectivity index (χ3n) is 5.65. The van der Waals surface area contributed by atoms with Crippen molar-refractivity contribution in [1.29, 1.82) is 0 Å². The van der Waals surface area contributed by atoms with Crippen LogP contribution in [0.4, 0.5) is 5.69 Å². The van der Waals surface area contributed by atoms with Gasteiger partial charge in [-0.15, -0.1) is 0 Å². The van der Waals surface area contributed by atoms with Gasteiger partial charge in [0, 0.05) is 31.0 Å². The molecule has 0 fully saturated rings. The highest BCUT2D eigenvalue weighted by molar-refractivity contribution is 5.93. The molecule has 4 aromatic heterocycles. The Bertz CT molecular complexity index is 1250. The van der Waals surface area contributed by atoms with Crippen LogP contribution in [0.1, 0.15) is 44.5 Å². The van der Waals surface area contributed by atoms with Gasteiger partial charge in [0.15, 0.2) is 0 Å². The van der Waals surface area contributed by atoms with E-state index in [2.05, 4.69) is 39.9 Å². The van der Waals surface area contributed by atoms with Gasteiger partial charge in [-0.05, 0) is 57.0 Å². The third kappa shape index (κ3) is 4.60. The number of nitrogens with one attached hydrogen (secondary N) is 1. The first kappa shape index (κ1) is 22.5. The first-order valence-corrected chi connectivity index (χ1v) is 11.3. The molecule has 4 aromatic rings. The molecule has 0 amide bonds. The van der Waals surface area contributed by atoms with Gasteiger partial charge in [-0.2, -0.15) is 5.10 Å². The predicted molar refractivity (Wildman–Crippen MR) is 130 cm³/mol. The van der Waals surface area contributed by atoms with Crippen molar-refractivity contribution >= 4 is 16.7 Å². The predicted octanol–water partition coefficient (Wildman–Crippen LogP) is 5.19. The number of pyridine rings is 3. The van der Waals surface area contributed by atoms with Gasteiger partial charge in [0.2, 0.25) is 11.8 Å². The van der Waals surface area contributed by atoms with Crippen LogP contribution in [0, 0.1) is 6.92 Å². The summed E-state index contributed by atoms with van der Waals surface area (Å²) in [6, 6.07) is 10.1. The lowest BCUT2D eigenvalue weighted by Crippen LogP contribution is -2.09. The van der Waals surface area contributed by atoms with Gasteiger partial charge >= 0.3 is 0 Å². The summed E-state index contributed by atoms with van der Waals surface area (Å²) < 4.78 is 13.1. The molecule has 0 spiro atoms. The van der Waals surface area contributed by atoms with E-state index in [-0.39, 0.29) is 6.04 Å². The molecule has 8 heteroatoms. The van der Waals surface area contributed by atoms with Crippen LogP contribution in [-0.4, -0.2) is 38.4 Å². The summed E-state index contributed by atoms with van der Waals surface area (Å²) >= 11 is 0. The molecule has 33 heavy (non-hydrogen) atoms. The van der Waals surface area contributed by atoms with Gasteiger partial charge in [0.1, 0.15) is 11.0 Å². The zero-order valence-electron chi connectivity index (χ0n) is 19.8. The monoisotopic (exact) mass is 446 g/mol. The molecule has 1 atom stereocenters. The summed E-state index contributed by atoms with van der Waals surface area (Å²) in [4.78, 5) is 13.6. The van der Waals surface area contributed by atoms with Crippen LogP contribution in [0.5, 0.6) is 11.8 Å². The average Bonchev–Trinajstić information content (AvgIpc) is 3.19. The fourth-order valence-electron chi connectivity index (χ4n) is 3.75. The Balaban J connectivity index is 1.84. The standard InChI is InChI=1S/C25H30N6O2/c1-6-16(3)31-24-21(28-15-18-10-12-26-22(13-18)32-5)14-20(29-23(24)17(4)30-31)19-9-8-11-27-25(19)33-7-2/h8-14,16H,6-7,15H2,1-5H3,(H,28,29)/t16-/m0/s1. The minimum absolute atomic E-state index is 0.243. The Hall–Kier alpha value is -3.68. The number of rotatable bonds is 9. The summed E-state index contributed by atoms with van der Waals surface area (Å²) in [5.74, 6) is 1.16. The molecule has 8 nitrogen and oxygen atoms in total. The van der Waals surface area contributed by atoms with Crippen molar-refractivity contribution in [2.24, 2.45) is 0 Å².